The lowest BCUT2D eigenvalue weighted by atomic mass is 9.97. The maximum absolute atomic E-state index is 12.6. The molecule has 2 aliphatic carbocycles. The van der Waals surface area contributed by atoms with Crippen LogP contribution in [0.25, 0.3) is 0 Å². The van der Waals surface area contributed by atoms with Crippen LogP contribution in [0, 0.1) is 17.0 Å². The van der Waals surface area contributed by atoms with E-state index in [9.17, 15) is 38.9 Å². The van der Waals surface area contributed by atoms with Crippen molar-refractivity contribution in [1.82, 2.24) is 19.6 Å². The molecule has 56 heavy (non-hydrogen) atoms. The largest absolute Gasteiger partial charge is 0.496 e. The summed E-state index contributed by atoms with van der Waals surface area (Å²) in [5.41, 5.74) is 3.98. The van der Waals surface area contributed by atoms with Gasteiger partial charge in [-0.25, -0.2) is 0 Å². The predicted molar refractivity (Wildman–Crippen MR) is 200 cm³/mol. The van der Waals surface area contributed by atoms with Gasteiger partial charge in [-0.2, -0.15) is 0 Å². The maximum atomic E-state index is 12.6. The number of aliphatic carboxylic acids is 2. The third-order valence-corrected chi connectivity index (χ3v) is 11.1. The number of ether oxygens (including phenoxy) is 2. The topological polar surface area (TPSA) is 217 Å². The molecule has 4 aliphatic rings. The van der Waals surface area contributed by atoms with Gasteiger partial charge in [0.2, 0.25) is 23.6 Å². The number of carboxylic acid groups (broad SMARTS) is 2. The van der Waals surface area contributed by atoms with Crippen molar-refractivity contribution >= 4 is 64.5 Å². The number of hydrogen-bond donors (Lipinski definition) is 2. The highest BCUT2D eigenvalue weighted by molar-refractivity contribution is 6.32. The molecule has 2 saturated heterocycles. The number of halogens is 2. The van der Waals surface area contributed by atoms with Gasteiger partial charge in [-0.3, -0.25) is 58.5 Å². The molecule has 4 amide bonds. The Labute approximate surface area is 332 Å². The van der Waals surface area contributed by atoms with Crippen molar-refractivity contribution in [3.8, 4) is 11.5 Å². The van der Waals surface area contributed by atoms with Crippen LogP contribution in [0.2, 0.25) is 10.0 Å². The molecule has 2 aliphatic heterocycles. The summed E-state index contributed by atoms with van der Waals surface area (Å²) in [4.78, 5) is 88.0. The molecule has 2 atom stereocenters. The molecule has 0 saturated carbocycles. The molecule has 0 spiro atoms. The van der Waals surface area contributed by atoms with E-state index >= 15 is 0 Å². The summed E-state index contributed by atoms with van der Waals surface area (Å²) in [6.07, 6.45) is 4.59. The fourth-order valence-corrected chi connectivity index (χ4v) is 8.86. The zero-order chi connectivity index (χ0) is 41.0. The van der Waals surface area contributed by atoms with Gasteiger partial charge in [0, 0.05) is 28.7 Å². The average Bonchev–Trinajstić information content (AvgIpc) is 3.45. The zero-order valence-electron chi connectivity index (χ0n) is 31.2. The Kier molecular flexibility index (Phi) is 13.6. The van der Waals surface area contributed by atoms with Crippen LogP contribution >= 0.6 is 23.2 Å². The summed E-state index contributed by atoms with van der Waals surface area (Å²) in [7, 11) is 2.99. The minimum atomic E-state index is -1.11. The van der Waals surface area contributed by atoms with Crippen molar-refractivity contribution in [2.75, 3.05) is 53.5 Å². The second-order valence-corrected chi connectivity index (χ2v) is 15.0. The number of methoxy groups -OCH3 is 2. The zero-order valence-corrected chi connectivity index (χ0v) is 32.7. The van der Waals surface area contributed by atoms with Gasteiger partial charge in [-0.05, 0) is 86.6 Å². The average molecular weight is 821 g/mol. The van der Waals surface area contributed by atoms with Crippen molar-refractivity contribution in [3.63, 3.8) is 0 Å². The maximum Gasteiger partial charge on any atom is 0.317 e. The Morgan fingerprint density at radius 2 is 1.12 bits per heavy atom. The third-order valence-electron chi connectivity index (χ3n) is 10.4. The van der Waals surface area contributed by atoms with Crippen molar-refractivity contribution in [3.05, 3.63) is 60.1 Å². The van der Waals surface area contributed by atoms with Crippen LogP contribution in [0.15, 0.2) is 12.1 Å². The van der Waals surface area contributed by atoms with Crippen LogP contribution in [-0.2, 0) is 54.5 Å². The number of fused-ring (bicyclic) bond motifs is 2. The van der Waals surface area contributed by atoms with Gasteiger partial charge in [-0.15, -0.1) is 0 Å². The number of carbonyl (C=O) groups is 6. The lowest BCUT2D eigenvalue weighted by Crippen LogP contribution is -2.58. The summed E-state index contributed by atoms with van der Waals surface area (Å²) in [5.74, 6) is -2.81. The Bertz CT molecular complexity index is 1920. The molecule has 0 aromatic heterocycles. The van der Waals surface area contributed by atoms with E-state index in [4.69, 9.17) is 42.9 Å². The molecule has 302 valence electrons. The lowest BCUT2D eigenvalue weighted by molar-refractivity contribution is -0.385. The number of benzene rings is 2. The molecular weight excluding hydrogens is 777 g/mol. The number of amides is 4. The van der Waals surface area contributed by atoms with Gasteiger partial charge >= 0.3 is 17.6 Å². The number of nitro groups is 1. The summed E-state index contributed by atoms with van der Waals surface area (Å²) in [6, 6.07) is 2.36. The second kappa shape index (κ2) is 18.0. The minimum Gasteiger partial charge on any atom is -0.496 e. The van der Waals surface area contributed by atoms with Crippen LogP contribution in [0.1, 0.15) is 53.5 Å². The van der Waals surface area contributed by atoms with Gasteiger partial charge in [0.1, 0.15) is 5.75 Å². The Morgan fingerprint density at radius 3 is 1.50 bits per heavy atom. The molecule has 0 bridgehead atoms. The van der Waals surface area contributed by atoms with Crippen LogP contribution in [0.3, 0.4) is 0 Å². The van der Waals surface area contributed by atoms with E-state index in [0.717, 1.165) is 35.3 Å². The first-order valence-corrected chi connectivity index (χ1v) is 18.8. The summed E-state index contributed by atoms with van der Waals surface area (Å²) >= 11 is 12.8. The van der Waals surface area contributed by atoms with Gasteiger partial charge in [0.05, 0.1) is 63.4 Å². The Morgan fingerprint density at radius 1 is 0.732 bits per heavy atom. The number of aryl methyl sites for hydroxylation is 1. The molecule has 2 aromatic carbocycles. The molecule has 19 heteroatoms. The second-order valence-electron chi connectivity index (χ2n) is 14.2. The van der Waals surface area contributed by atoms with E-state index in [1.54, 1.807) is 7.11 Å². The van der Waals surface area contributed by atoms with Gasteiger partial charge in [-0.1, -0.05) is 23.2 Å². The van der Waals surface area contributed by atoms with Gasteiger partial charge in [0.25, 0.3) is 0 Å². The molecular formula is C37H43Cl2N5O12. The van der Waals surface area contributed by atoms with E-state index in [1.807, 2.05) is 13.0 Å². The van der Waals surface area contributed by atoms with E-state index in [0.29, 0.717) is 48.3 Å². The number of rotatable bonds is 9. The molecule has 2 heterocycles. The Balaban J connectivity index is 0.000000215. The number of carbonyl (C=O) groups excluding carboxylic acids is 4. The first kappa shape index (κ1) is 42.3. The smallest absolute Gasteiger partial charge is 0.317 e. The van der Waals surface area contributed by atoms with Crippen LogP contribution in [-0.4, -0.2) is 136 Å². The molecule has 0 unspecified atom stereocenters. The van der Waals surface area contributed by atoms with Gasteiger partial charge < -0.3 is 19.7 Å². The number of carboxylic acids is 2. The van der Waals surface area contributed by atoms with Crippen LogP contribution in [0.5, 0.6) is 11.5 Å². The molecule has 6 rings (SSSR count). The highest BCUT2D eigenvalue weighted by Crippen LogP contribution is 2.42. The number of hydrogen-bond acceptors (Lipinski definition) is 12. The molecule has 2 fully saturated rings. The lowest BCUT2D eigenvalue weighted by Gasteiger charge is -2.36. The normalized spacial score (nSPS) is 20.6. The first-order valence-electron chi connectivity index (χ1n) is 18.0. The minimum absolute atomic E-state index is 0.0631. The van der Waals surface area contributed by atoms with E-state index in [1.165, 1.54) is 32.8 Å². The van der Waals surface area contributed by atoms with Crippen LogP contribution < -0.4 is 9.47 Å². The summed E-state index contributed by atoms with van der Waals surface area (Å²) in [6.45, 7) is 0.810. The quantitative estimate of drug-likeness (QED) is 0.161. The molecule has 0 radical (unpaired) electrons. The SMILES string of the molecule is COc1c(C)cc(Cl)c2c1CCC[C@H](N1C(=O)CN(CC(=O)O)CC1=O)C2.COc1c([N+](=O)[O-])cc(Cl)c2c1CCC[C@H](N1C(=O)CN(CC(=O)O)CC1=O)C2. The number of piperazine rings is 2. The monoisotopic (exact) mass is 819 g/mol. The highest BCUT2D eigenvalue weighted by Gasteiger charge is 2.40. The van der Waals surface area contributed by atoms with Gasteiger partial charge in [0.15, 0.2) is 5.75 Å². The first-order chi connectivity index (χ1) is 26.5. The number of nitro benzene ring substituents is 1. The molecule has 17 nitrogen and oxygen atoms in total. The van der Waals surface area contributed by atoms with E-state index in [2.05, 4.69) is 0 Å². The molecule has 2 aromatic rings. The number of nitrogens with zero attached hydrogens (tertiary/aromatic N) is 5. The summed E-state index contributed by atoms with van der Waals surface area (Å²) < 4.78 is 10.8. The Hall–Kier alpha value is -4.84. The molecule has 2 N–H and O–H groups in total. The highest BCUT2D eigenvalue weighted by atomic mass is 35.5. The van der Waals surface area contributed by atoms with E-state index < -0.39 is 34.7 Å². The third kappa shape index (κ3) is 9.23. The fourth-order valence-electron chi connectivity index (χ4n) is 8.21. The van der Waals surface area contributed by atoms with Crippen LogP contribution in [0.4, 0.5) is 5.69 Å². The number of imide groups is 2. The standard InChI is InChI=1S/C19H23ClN2O5.C18H20ClN3O7/c1-11-6-15(20)14-7-12(4-3-5-13(14)19(11)27-2)22-16(23)8-21(9-17(22)24)10-18(25)26;1-29-18-11-4-2-3-10(5-12(11)13(19)6-14(18)22(27)28)21-15(23)7-20(8-16(21)24)9-17(25)26/h6,12H,3-5,7-10H2,1-2H3,(H,25,26);6,10H,2-5,7-9H2,1H3,(H,25,26)/t12-;10-/m00/s1. The van der Waals surface area contributed by atoms with Crippen molar-refractivity contribution in [2.45, 2.75) is 70.4 Å². The summed E-state index contributed by atoms with van der Waals surface area (Å²) in [5, 5.41) is 29.9. The van der Waals surface area contributed by atoms with Crippen molar-refractivity contribution in [2.24, 2.45) is 0 Å². The van der Waals surface area contributed by atoms with Crippen molar-refractivity contribution < 1.29 is 53.4 Å². The van der Waals surface area contributed by atoms with E-state index in [-0.39, 0.29) is 80.0 Å². The fraction of sp³-hybridized carbons (Fsp3) is 0.514. The van der Waals surface area contributed by atoms with Crippen molar-refractivity contribution in [1.29, 1.82) is 0 Å². The predicted octanol–water partition coefficient (Wildman–Crippen LogP) is 2.92.